The Morgan fingerprint density at radius 3 is 2.65 bits per heavy atom. The van der Waals surface area contributed by atoms with Gasteiger partial charge in [0.25, 0.3) is 0 Å². The molecule has 1 N–H and O–H groups in total. The number of hydrogen-bond acceptors (Lipinski definition) is 1. The molecule has 0 heterocycles. The first-order valence-electron chi connectivity index (χ1n) is 6.61. The number of rotatable bonds is 7. The molecule has 1 aromatic carbocycles. The Labute approximate surface area is 126 Å². The summed E-state index contributed by atoms with van der Waals surface area (Å²) in [5.74, 6) is 0. The average molecular weight is 350 g/mol. The van der Waals surface area contributed by atoms with E-state index < -0.39 is 11.7 Å². The van der Waals surface area contributed by atoms with E-state index >= 15 is 0 Å². The van der Waals surface area contributed by atoms with Crippen LogP contribution in [0.2, 0.25) is 0 Å². The number of allylic oxidation sites excluding steroid dienone is 1. The lowest BCUT2D eigenvalue weighted by Gasteiger charge is -2.20. The molecule has 0 aliphatic carbocycles. The fraction of sp³-hybridized carbons (Fsp3) is 0.467. The fourth-order valence-electron chi connectivity index (χ4n) is 1.97. The van der Waals surface area contributed by atoms with E-state index in [1.54, 1.807) is 12.1 Å². The smallest absolute Gasteiger partial charge is 0.310 e. The summed E-state index contributed by atoms with van der Waals surface area (Å²) in [6.45, 7) is 6.47. The van der Waals surface area contributed by atoms with Crippen LogP contribution in [0.25, 0.3) is 0 Å². The molecule has 0 aliphatic rings. The maximum absolute atomic E-state index is 12.9. The molecular weight excluding hydrogens is 331 g/mol. The third-order valence-corrected chi connectivity index (χ3v) is 3.69. The lowest BCUT2D eigenvalue weighted by molar-refractivity contribution is -0.138. The Balaban J connectivity index is 3.03. The van der Waals surface area contributed by atoms with Gasteiger partial charge in [0.2, 0.25) is 0 Å². The highest BCUT2D eigenvalue weighted by atomic mass is 79.9. The van der Waals surface area contributed by atoms with Crippen LogP contribution in [0, 0.1) is 0 Å². The van der Waals surface area contributed by atoms with E-state index in [-0.39, 0.29) is 10.5 Å². The van der Waals surface area contributed by atoms with Gasteiger partial charge in [0.15, 0.2) is 0 Å². The summed E-state index contributed by atoms with van der Waals surface area (Å²) in [5.41, 5.74) is 0.0349. The van der Waals surface area contributed by atoms with Gasteiger partial charge in [-0.1, -0.05) is 35.0 Å². The highest BCUT2D eigenvalue weighted by Gasteiger charge is 2.33. The Bertz CT molecular complexity index is 443. The van der Waals surface area contributed by atoms with E-state index in [0.717, 1.165) is 25.8 Å². The summed E-state index contributed by atoms with van der Waals surface area (Å²) < 4.78 is 38.9. The average Bonchev–Trinajstić information content (AvgIpc) is 2.38. The molecule has 0 bridgehead atoms. The van der Waals surface area contributed by atoms with Gasteiger partial charge in [0.05, 0.1) is 5.56 Å². The summed E-state index contributed by atoms with van der Waals surface area (Å²) in [6, 6.07) is 4.34. The Kier molecular flexibility index (Phi) is 6.76. The first-order chi connectivity index (χ1) is 9.40. The molecule has 1 atom stereocenters. The monoisotopic (exact) mass is 349 g/mol. The molecule has 0 spiro atoms. The van der Waals surface area contributed by atoms with Crippen LogP contribution in [0.3, 0.4) is 0 Å². The molecule has 1 rings (SSSR count). The number of halogens is 4. The molecule has 0 saturated heterocycles. The van der Waals surface area contributed by atoms with Crippen LogP contribution in [0.4, 0.5) is 13.2 Å². The molecule has 0 aromatic heterocycles. The lowest BCUT2D eigenvalue weighted by Crippen LogP contribution is -2.22. The van der Waals surface area contributed by atoms with Crippen molar-refractivity contribution in [2.45, 2.75) is 38.4 Å². The summed E-state index contributed by atoms with van der Waals surface area (Å²) >= 11 is 2.96. The van der Waals surface area contributed by atoms with E-state index in [1.807, 2.05) is 6.92 Å². The molecule has 0 saturated carbocycles. The Morgan fingerprint density at radius 2 is 2.10 bits per heavy atom. The van der Waals surface area contributed by atoms with Gasteiger partial charge in [-0.05, 0) is 43.5 Å². The summed E-state index contributed by atoms with van der Waals surface area (Å²) in [7, 11) is 0. The minimum atomic E-state index is -4.34. The van der Waals surface area contributed by atoms with Gasteiger partial charge in [0.1, 0.15) is 0 Å². The van der Waals surface area contributed by atoms with E-state index in [9.17, 15) is 13.2 Å². The second-order valence-corrected chi connectivity index (χ2v) is 5.46. The van der Waals surface area contributed by atoms with Gasteiger partial charge in [-0.2, -0.15) is 13.2 Å². The summed E-state index contributed by atoms with van der Waals surface area (Å²) in [4.78, 5) is 0. The van der Waals surface area contributed by atoms with Crippen LogP contribution in [0.1, 0.15) is 43.4 Å². The van der Waals surface area contributed by atoms with Crippen molar-refractivity contribution in [2.75, 3.05) is 6.54 Å². The van der Waals surface area contributed by atoms with Crippen LogP contribution >= 0.6 is 15.9 Å². The first-order valence-corrected chi connectivity index (χ1v) is 7.40. The zero-order valence-electron chi connectivity index (χ0n) is 11.4. The highest BCUT2D eigenvalue weighted by Crippen LogP contribution is 2.36. The second-order valence-electron chi connectivity index (χ2n) is 4.61. The maximum atomic E-state index is 12.9. The number of alkyl halides is 3. The SMILES string of the molecule is C=CCCC(NCCC)c1ccc(Br)c(C(F)(F)F)c1. The van der Waals surface area contributed by atoms with Crippen LogP contribution < -0.4 is 5.32 Å². The van der Waals surface area contributed by atoms with E-state index in [2.05, 4.69) is 27.8 Å². The molecule has 1 aromatic rings. The topological polar surface area (TPSA) is 12.0 Å². The third-order valence-electron chi connectivity index (χ3n) is 3.00. The highest BCUT2D eigenvalue weighted by molar-refractivity contribution is 9.10. The van der Waals surface area contributed by atoms with Gasteiger partial charge in [0, 0.05) is 10.5 Å². The minimum absolute atomic E-state index is 0.0757. The van der Waals surface area contributed by atoms with E-state index in [0.29, 0.717) is 5.56 Å². The largest absolute Gasteiger partial charge is 0.417 e. The normalized spacial score (nSPS) is 13.2. The van der Waals surface area contributed by atoms with Crippen molar-refractivity contribution in [3.05, 3.63) is 46.5 Å². The summed E-state index contributed by atoms with van der Waals surface area (Å²) in [5, 5.41) is 3.29. The van der Waals surface area contributed by atoms with Crippen LogP contribution in [0.5, 0.6) is 0 Å². The van der Waals surface area contributed by atoms with Gasteiger partial charge in [-0.15, -0.1) is 6.58 Å². The first kappa shape index (κ1) is 17.2. The van der Waals surface area contributed by atoms with Crippen LogP contribution in [0.15, 0.2) is 35.3 Å². The quantitative estimate of drug-likeness (QED) is 0.643. The Morgan fingerprint density at radius 1 is 1.40 bits per heavy atom. The molecule has 0 radical (unpaired) electrons. The predicted octanol–water partition coefficient (Wildman–Crippen LogP) is 5.47. The molecule has 1 unspecified atom stereocenters. The maximum Gasteiger partial charge on any atom is 0.417 e. The molecule has 112 valence electrons. The summed E-state index contributed by atoms with van der Waals surface area (Å²) in [6.07, 6.45) is -0.124. The molecule has 0 amide bonds. The molecule has 5 heteroatoms. The molecule has 0 aliphatic heterocycles. The van der Waals surface area contributed by atoms with Gasteiger partial charge < -0.3 is 5.32 Å². The lowest BCUT2D eigenvalue weighted by atomic mass is 9.99. The van der Waals surface area contributed by atoms with E-state index in [4.69, 9.17) is 0 Å². The molecule has 0 fully saturated rings. The van der Waals surface area contributed by atoms with E-state index in [1.165, 1.54) is 12.1 Å². The molecule has 1 nitrogen and oxygen atoms in total. The van der Waals surface area contributed by atoms with Crippen molar-refractivity contribution in [2.24, 2.45) is 0 Å². The predicted molar refractivity (Wildman–Crippen MR) is 79.6 cm³/mol. The third kappa shape index (κ3) is 4.94. The van der Waals surface area contributed by atoms with Crippen molar-refractivity contribution in [3.8, 4) is 0 Å². The molecule has 20 heavy (non-hydrogen) atoms. The van der Waals surface area contributed by atoms with Crippen molar-refractivity contribution < 1.29 is 13.2 Å². The van der Waals surface area contributed by atoms with Crippen LogP contribution in [-0.4, -0.2) is 6.54 Å². The fourth-order valence-corrected chi connectivity index (χ4v) is 2.44. The zero-order chi connectivity index (χ0) is 15.2. The minimum Gasteiger partial charge on any atom is -0.310 e. The Hall–Kier alpha value is -0.810. The standard InChI is InChI=1S/C15H19BrF3N/c1-3-5-6-14(20-9-4-2)11-7-8-13(16)12(10-11)15(17,18)19/h3,7-8,10,14,20H,1,4-6,9H2,2H3. The van der Waals surface area contributed by atoms with Crippen LogP contribution in [-0.2, 0) is 6.18 Å². The van der Waals surface area contributed by atoms with Crippen molar-refractivity contribution in [1.82, 2.24) is 5.32 Å². The van der Waals surface area contributed by atoms with Crippen molar-refractivity contribution in [3.63, 3.8) is 0 Å². The van der Waals surface area contributed by atoms with Crippen molar-refractivity contribution >= 4 is 15.9 Å². The second kappa shape index (κ2) is 7.84. The molecular formula is C15H19BrF3N. The number of hydrogen-bond donors (Lipinski definition) is 1. The van der Waals surface area contributed by atoms with Gasteiger partial charge >= 0.3 is 6.18 Å². The van der Waals surface area contributed by atoms with Crippen molar-refractivity contribution in [1.29, 1.82) is 0 Å². The number of nitrogens with one attached hydrogen (secondary N) is 1. The van der Waals surface area contributed by atoms with Gasteiger partial charge in [-0.3, -0.25) is 0 Å². The number of benzene rings is 1. The van der Waals surface area contributed by atoms with Gasteiger partial charge in [-0.25, -0.2) is 0 Å². The zero-order valence-corrected chi connectivity index (χ0v) is 13.0.